The van der Waals surface area contributed by atoms with Crippen LogP contribution in [-0.2, 0) is 31.2 Å². The number of para-hydroxylation sites is 4. The molecule has 1 amide bonds. The topological polar surface area (TPSA) is 64.7 Å². The monoisotopic (exact) mass is 437 g/mol. The molecule has 0 atom stereocenters. The number of carbonyl (C=O) groups excluding carboxylic acids is 1. The fraction of sp³-hybridized carbons (Fsp3) is 0.222. The van der Waals surface area contributed by atoms with E-state index >= 15 is 0 Å². The third-order valence-electron chi connectivity index (χ3n) is 6.14. The minimum atomic E-state index is -0.000294. The van der Waals surface area contributed by atoms with E-state index in [1.807, 2.05) is 61.5 Å². The minimum Gasteiger partial charge on any atom is -0.331 e. The highest BCUT2D eigenvalue weighted by atomic mass is 16.1. The van der Waals surface area contributed by atoms with Gasteiger partial charge in [0.25, 0.3) is 0 Å². The number of imidazole rings is 2. The highest BCUT2D eigenvalue weighted by Crippen LogP contribution is 2.19. The van der Waals surface area contributed by atoms with E-state index in [-0.39, 0.29) is 5.91 Å². The average Bonchev–Trinajstić information content (AvgIpc) is 3.32. The lowest BCUT2D eigenvalue weighted by atomic mass is 10.1. The molecule has 0 aliphatic heterocycles. The van der Waals surface area contributed by atoms with Crippen molar-refractivity contribution < 1.29 is 4.79 Å². The molecule has 0 aliphatic rings. The van der Waals surface area contributed by atoms with Crippen LogP contribution in [0, 0.1) is 6.92 Å². The lowest BCUT2D eigenvalue weighted by Crippen LogP contribution is -2.15. The van der Waals surface area contributed by atoms with Crippen molar-refractivity contribution in [3.05, 3.63) is 90.0 Å². The molecule has 2 aromatic heterocycles. The van der Waals surface area contributed by atoms with Crippen LogP contribution in [0.25, 0.3) is 22.1 Å². The number of benzene rings is 3. The van der Waals surface area contributed by atoms with Crippen molar-refractivity contribution in [2.24, 2.45) is 7.05 Å². The van der Waals surface area contributed by atoms with Gasteiger partial charge < -0.3 is 14.5 Å². The highest BCUT2D eigenvalue weighted by Gasteiger charge is 2.10. The maximum Gasteiger partial charge on any atom is 0.226 e. The third kappa shape index (κ3) is 4.37. The summed E-state index contributed by atoms with van der Waals surface area (Å²) in [6.45, 7) is 2.58. The predicted octanol–water partition coefficient (Wildman–Crippen LogP) is 5.05. The summed E-state index contributed by atoms with van der Waals surface area (Å²) in [5, 5.41) is 3.05. The first-order chi connectivity index (χ1) is 16.1. The summed E-state index contributed by atoms with van der Waals surface area (Å²) in [7, 11) is 2.06. The van der Waals surface area contributed by atoms with Crippen LogP contribution >= 0.6 is 0 Å². The summed E-state index contributed by atoms with van der Waals surface area (Å²) in [6, 6.07) is 24.3. The number of aryl methyl sites for hydroxylation is 5. The molecule has 0 unspecified atom stereocenters. The summed E-state index contributed by atoms with van der Waals surface area (Å²) in [5.74, 6) is 1.99. The molecular weight excluding hydrogens is 410 g/mol. The molecule has 166 valence electrons. The number of nitrogens with one attached hydrogen (secondary N) is 1. The first-order valence-corrected chi connectivity index (χ1v) is 11.3. The number of amides is 1. The van der Waals surface area contributed by atoms with Gasteiger partial charge in [0, 0.05) is 32.1 Å². The van der Waals surface area contributed by atoms with Crippen molar-refractivity contribution >= 4 is 33.7 Å². The Balaban J connectivity index is 1.21. The van der Waals surface area contributed by atoms with Crippen molar-refractivity contribution in [2.45, 2.75) is 32.7 Å². The standard InChI is InChI=1S/C27H27N5O/c1-19-28-23-11-4-6-13-25(23)32(19)17-16-27(33)29-21-9-7-8-20(18-21)14-15-26-30-22-10-3-5-12-24(22)31(26)2/h3-13,18H,14-17H2,1-2H3,(H,29,33). The number of rotatable bonds is 7. The average molecular weight is 438 g/mol. The summed E-state index contributed by atoms with van der Waals surface area (Å²) in [4.78, 5) is 22.0. The largest absolute Gasteiger partial charge is 0.331 e. The summed E-state index contributed by atoms with van der Waals surface area (Å²) in [6.07, 6.45) is 2.10. The molecule has 0 radical (unpaired) electrons. The molecule has 5 aromatic rings. The molecule has 0 aliphatic carbocycles. The van der Waals surface area contributed by atoms with E-state index in [2.05, 4.69) is 44.7 Å². The second-order valence-corrected chi connectivity index (χ2v) is 8.37. The Morgan fingerprint density at radius 2 is 1.61 bits per heavy atom. The lowest BCUT2D eigenvalue weighted by molar-refractivity contribution is -0.116. The number of nitrogens with zero attached hydrogens (tertiary/aromatic N) is 4. The molecule has 2 heterocycles. The molecule has 0 bridgehead atoms. The quantitative estimate of drug-likeness (QED) is 0.388. The van der Waals surface area contributed by atoms with E-state index in [0.29, 0.717) is 13.0 Å². The number of aromatic nitrogens is 4. The first-order valence-electron chi connectivity index (χ1n) is 11.3. The zero-order valence-corrected chi connectivity index (χ0v) is 19.0. The van der Waals surface area contributed by atoms with Gasteiger partial charge in [0.1, 0.15) is 11.6 Å². The Labute approximate surface area is 192 Å². The number of carbonyl (C=O) groups is 1. The van der Waals surface area contributed by atoms with Gasteiger partial charge in [-0.3, -0.25) is 4.79 Å². The maximum absolute atomic E-state index is 12.6. The van der Waals surface area contributed by atoms with Gasteiger partial charge in [0.2, 0.25) is 5.91 Å². The normalized spacial score (nSPS) is 11.3. The van der Waals surface area contributed by atoms with Gasteiger partial charge in [0.05, 0.1) is 22.1 Å². The molecule has 33 heavy (non-hydrogen) atoms. The van der Waals surface area contributed by atoms with Gasteiger partial charge in [-0.05, 0) is 55.3 Å². The third-order valence-corrected chi connectivity index (χ3v) is 6.14. The van der Waals surface area contributed by atoms with Crippen LogP contribution in [0.15, 0.2) is 72.8 Å². The molecule has 3 aromatic carbocycles. The van der Waals surface area contributed by atoms with Crippen molar-refractivity contribution in [2.75, 3.05) is 5.32 Å². The second kappa shape index (κ2) is 8.90. The number of hydrogen-bond acceptors (Lipinski definition) is 3. The highest BCUT2D eigenvalue weighted by molar-refractivity contribution is 5.90. The molecule has 6 heteroatoms. The molecular formula is C27H27N5O. The van der Waals surface area contributed by atoms with E-state index in [1.54, 1.807) is 0 Å². The van der Waals surface area contributed by atoms with Crippen molar-refractivity contribution in [1.29, 1.82) is 0 Å². The Morgan fingerprint density at radius 3 is 2.39 bits per heavy atom. The Bertz CT molecular complexity index is 1450. The minimum absolute atomic E-state index is 0.000294. The SMILES string of the molecule is Cc1nc2ccccc2n1CCC(=O)Nc1cccc(CCc2nc3ccccc3n2C)c1. The van der Waals surface area contributed by atoms with Crippen LogP contribution in [0.5, 0.6) is 0 Å². The van der Waals surface area contributed by atoms with Crippen LogP contribution in [0.1, 0.15) is 23.6 Å². The fourth-order valence-electron chi connectivity index (χ4n) is 4.39. The zero-order chi connectivity index (χ0) is 22.8. The Hall–Kier alpha value is -3.93. The van der Waals surface area contributed by atoms with E-state index in [0.717, 1.165) is 52.2 Å². The Kier molecular flexibility index (Phi) is 5.65. The molecule has 6 nitrogen and oxygen atoms in total. The summed E-state index contributed by atoms with van der Waals surface area (Å²) in [5.41, 5.74) is 6.20. The van der Waals surface area contributed by atoms with Crippen LogP contribution in [-0.4, -0.2) is 25.0 Å². The van der Waals surface area contributed by atoms with Crippen molar-refractivity contribution in [1.82, 2.24) is 19.1 Å². The molecule has 0 fully saturated rings. The lowest BCUT2D eigenvalue weighted by Gasteiger charge is -2.10. The summed E-state index contributed by atoms with van der Waals surface area (Å²) < 4.78 is 4.25. The van der Waals surface area contributed by atoms with Gasteiger partial charge >= 0.3 is 0 Å². The molecule has 5 rings (SSSR count). The molecule has 1 N–H and O–H groups in total. The molecule has 0 saturated heterocycles. The number of hydrogen-bond donors (Lipinski definition) is 1. The van der Waals surface area contributed by atoms with Crippen LogP contribution < -0.4 is 5.32 Å². The van der Waals surface area contributed by atoms with Gasteiger partial charge in [-0.25, -0.2) is 9.97 Å². The fourth-order valence-corrected chi connectivity index (χ4v) is 4.39. The van der Waals surface area contributed by atoms with Crippen LogP contribution in [0.2, 0.25) is 0 Å². The zero-order valence-electron chi connectivity index (χ0n) is 19.0. The van der Waals surface area contributed by atoms with E-state index in [9.17, 15) is 4.79 Å². The predicted molar refractivity (Wildman–Crippen MR) is 132 cm³/mol. The molecule has 0 spiro atoms. The van der Waals surface area contributed by atoms with Crippen molar-refractivity contribution in [3.63, 3.8) is 0 Å². The van der Waals surface area contributed by atoms with Gasteiger partial charge in [0.15, 0.2) is 0 Å². The van der Waals surface area contributed by atoms with E-state index in [1.165, 1.54) is 5.56 Å². The first kappa shape index (κ1) is 20.9. The Morgan fingerprint density at radius 1 is 0.879 bits per heavy atom. The number of anilines is 1. The van der Waals surface area contributed by atoms with Gasteiger partial charge in [-0.15, -0.1) is 0 Å². The van der Waals surface area contributed by atoms with Gasteiger partial charge in [-0.2, -0.15) is 0 Å². The van der Waals surface area contributed by atoms with Crippen LogP contribution in [0.3, 0.4) is 0 Å². The smallest absolute Gasteiger partial charge is 0.226 e. The van der Waals surface area contributed by atoms with Crippen molar-refractivity contribution in [3.8, 4) is 0 Å². The maximum atomic E-state index is 12.6. The summed E-state index contributed by atoms with van der Waals surface area (Å²) >= 11 is 0. The van der Waals surface area contributed by atoms with E-state index in [4.69, 9.17) is 4.98 Å². The van der Waals surface area contributed by atoms with E-state index < -0.39 is 0 Å². The van der Waals surface area contributed by atoms with Gasteiger partial charge in [-0.1, -0.05) is 36.4 Å². The molecule has 0 saturated carbocycles. The van der Waals surface area contributed by atoms with Crippen LogP contribution in [0.4, 0.5) is 5.69 Å². The number of fused-ring (bicyclic) bond motifs is 2. The second-order valence-electron chi connectivity index (χ2n) is 8.37.